The van der Waals surface area contributed by atoms with Gasteiger partial charge in [-0.2, -0.15) is 0 Å². The van der Waals surface area contributed by atoms with Crippen molar-refractivity contribution >= 4 is 19.1 Å². The van der Waals surface area contributed by atoms with Gasteiger partial charge < -0.3 is 0 Å². The van der Waals surface area contributed by atoms with E-state index in [1.54, 1.807) is 28.1 Å². The fraction of sp³-hybridized carbons (Fsp3) is 0.333. The summed E-state index contributed by atoms with van der Waals surface area (Å²) in [5.74, 6) is 0. The maximum absolute atomic E-state index is 2.61. The van der Waals surface area contributed by atoms with Gasteiger partial charge in [-0.3, -0.25) is 0 Å². The zero-order valence-corrected chi connectivity index (χ0v) is 32.0. The van der Waals surface area contributed by atoms with Gasteiger partial charge in [-0.05, 0) is 0 Å². The number of hydrogen-bond acceptors (Lipinski definition) is 0. The molecular weight excluding hydrogens is 624 g/mol. The molecular formula is C42H48SiZr. The van der Waals surface area contributed by atoms with E-state index in [0.717, 1.165) is 12.8 Å². The van der Waals surface area contributed by atoms with E-state index in [0.29, 0.717) is 0 Å². The Labute approximate surface area is 274 Å². The van der Waals surface area contributed by atoms with Crippen molar-refractivity contribution in [2.75, 3.05) is 0 Å². The molecule has 44 heavy (non-hydrogen) atoms. The van der Waals surface area contributed by atoms with Gasteiger partial charge in [0.25, 0.3) is 0 Å². The number of aryl methyl sites for hydroxylation is 3. The molecule has 0 amide bonds. The third-order valence-corrected chi connectivity index (χ3v) is 28.6. The maximum atomic E-state index is 2.61. The fourth-order valence-electron chi connectivity index (χ4n) is 7.68. The molecule has 6 rings (SSSR count). The summed E-state index contributed by atoms with van der Waals surface area (Å²) < 4.78 is 3.57. The summed E-state index contributed by atoms with van der Waals surface area (Å²) in [5.41, 5.74) is 14.1. The third-order valence-electron chi connectivity index (χ3n) is 9.62. The molecule has 2 heteroatoms. The van der Waals surface area contributed by atoms with Crippen molar-refractivity contribution in [1.82, 2.24) is 0 Å². The van der Waals surface area contributed by atoms with Crippen molar-refractivity contribution in [3.05, 3.63) is 133 Å². The molecule has 0 heterocycles. The van der Waals surface area contributed by atoms with Crippen molar-refractivity contribution in [2.24, 2.45) is 0 Å². The SMILES string of the molecule is Cc1cccc([Si](c2cccc(C)c2)=[Zr]([C]2=CC=CC2)[c]2c(C)c(C(C)(C)C)cc3c2Cc2cc(C)c(C(C)(C)C)cc2-3)c1. The van der Waals surface area contributed by atoms with Crippen molar-refractivity contribution in [3.63, 3.8) is 0 Å². The Balaban J connectivity index is 1.78. The standard InChI is InChI=1S/C23H29.C14H14Si.C5H5.Zr/c1-14-9-16-11-17-10-15(2)21(23(6,7)8)13-19(17)18(16)12-20(14)22(3,4)5;1-11-5-3-7-13(9-11)15-14-8-4-6-12(2)10-14;1-2-4-5-3-1;/h9,12-13H,11H2,1-8H3;3-10H,1-2H3;1-3H,4H2;. The van der Waals surface area contributed by atoms with E-state index < -0.39 is 25.8 Å². The molecule has 0 spiro atoms. The molecule has 0 radical (unpaired) electrons. The van der Waals surface area contributed by atoms with Gasteiger partial charge in [-0.25, -0.2) is 0 Å². The second-order valence-corrected chi connectivity index (χ2v) is 28.5. The van der Waals surface area contributed by atoms with E-state index >= 15 is 0 Å². The van der Waals surface area contributed by atoms with E-state index in [-0.39, 0.29) is 10.8 Å². The van der Waals surface area contributed by atoms with Gasteiger partial charge in [0.05, 0.1) is 0 Å². The van der Waals surface area contributed by atoms with Gasteiger partial charge in [0.15, 0.2) is 0 Å². The van der Waals surface area contributed by atoms with Crippen LogP contribution in [0.15, 0.2) is 88.2 Å². The topological polar surface area (TPSA) is 0 Å². The molecule has 0 aromatic heterocycles. The molecule has 0 fully saturated rings. The Hall–Kier alpha value is -2.54. The van der Waals surface area contributed by atoms with Crippen LogP contribution in [-0.2, 0) is 37.6 Å². The quantitative estimate of drug-likeness (QED) is 0.167. The summed E-state index contributed by atoms with van der Waals surface area (Å²) in [6.45, 7) is 23.7. The average molecular weight is 672 g/mol. The van der Waals surface area contributed by atoms with Gasteiger partial charge in [-0.15, -0.1) is 0 Å². The number of fused-ring (bicyclic) bond motifs is 3. The molecule has 2 aliphatic carbocycles. The molecule has 0 saturated heterocycles. The number of hydrogen-bond donors (Lipinski definition) is 0. The van der Waals surface area contributed by atoms with E-state index in [9.17, 15) is 0 Å². The van der Waals surface area contributed by atoms with Crippen LogP contribution in [-0.4, -0.2) is 5.43 Å². The first-order valence-corrected chi connectivity index (χ1v) is 23.9. The van der Waals surface area contributed by atoms with Crippen LogP contribution < -0.4 is 13.6 Å². The second-order valence-electron chi connectivity index (χ2n) is 15.3. The summed E-state index contributed by atoms with van der Waals surface area (Å²) in [6.07, 6.45) is 9.48. The van der Waals surface area contributed by atoms with Gasteiger partial charge >= 0.3 is 276 Å². The van der Waals surface area contributed by atoms with Crippen LogP contribution in [0.4, 0.5) is 0 Å². The van der Waals surface area contributed by atoms with Crippen molar-refractivity contribution in [1.29, 1.82) is 0 Å². The van der Waals surface area contributed by atoms with E-state index in [1.165, 1.54) is 44.5 Å². The van der Waals surface area contributed by atoms with Crippen LogP contribution in [0.2, 0.25) is 0 Å². The summed E-state index contributed by atoms with van der Waals surface area (Å²) in [5, 5.41) is 3.19. The molecule has 2 aliphatic rings. The van der Waals surface area contributed by atoms with Crippen molar-refractivity contribution in [3.8, 4) is 11.1 Å². The predicted molar refractivity (Wildman–Crippen MR) is 190 cm³/mol. The molecule has 224 valence electrons. The normalized spacial score (nSPS) is 14.0. The second kappa shape index (κ2) is 11.7. The van der Waals surface area contributed by atoms with Crippen LogP contribution in [0, 0.1) is 27.7 Å². The Morgan fingerprint density at radius 1 is 0.682 bits per heavy atom. The Bertz CT molecular complexity index is 1850. The minimum atomic E-state index is -2.59. The Kier molecular flexibility index (Phi) is 8.34. The minimum absolute atomic E-state index is 0.0737. The van der Waals surface area contributed by atoms with Gasteiger partial charge in [0.2, 0.25) is 0 Å². The first-order chi connectivity index (χ1) is 20.7. The van der Waals surface area contributed by atoms with Gasteiger partial charge in [-0.1, -0.05) is 0 Å². The monoisotopic (exact) mass is 670 g/mol. The summed E-state index contributed by atoms with van der Waals surface area (Å²) in [6, 6.07) is 26.8. The van der Waals surface area contributed by atoms with E-state index in [1.807, 2.05) is 0 Å². The zero-order valence-electron chi connectivity index (χ0n) is 28.5. The van der Waals surface area contributed by atoms with Crippen molar-refractivity contribution < 1.29 is 20.4 Å². The third kappa shape index (κ3) is 5.78. The van der Waals surface area contributed by atoms with Crippen LogP contribution >= 0.6 is 0 Å². The fourth-order valence-corrected chi connectivity index (χ4v) is 29.1. The predicted octanol–water partition coefficient (Wildman–Crippen LogP) is 8.98. The molecule has 4 aromatic carbocycles. The summed E-state index contributed by atoms with van der Waals surface area (Å²) in [4.78, 5) is 0. The molecule has 0 atom stereocenters. The number of allylic oxidation sites excluding steroid dienone is 4. The molecule has 0 N–H and O–H groups in total. The van der Waals surface area contributed by atoms with Crippen LogP contribution in [0.1, 0.15) is 92.5 Å². The first-order valence-electron chi connectivity index (χ1n) is 16.3. The number of rotatable bonds is 4. The van der Waals surface area contributed by atoms with Crippen LogP contribution in [0.3, 0.4) is 0 Å². The zero-order chi connectivity index (χ0) is 31.6. The van der Waals surface area contributed by atoms with Crippen molar-refractivity contribution in [2.45, 2.75) is 92.9 Å². The van der Waals surface area contributed by atoms with Gasteiger partial charge in [0.1, 0.15) is 0 Å². The number of benzene rings is 4. The average Bonchev–Trinajstić information content (AvgIpc) is 3.58. The van der Waals surface area contributed by atoms with Gasteiger partial charge in [0, 0.05) is 0 Å². The molecule has 0 nitrogen and oxygen atoms in total. The molecule has 0 aliphatic heterocycles. The summed E-state index contributed by atoms with van der Waals surface area (Å²) in [7, 11) is 0. The first kappa shape index (κ1) is 31.4. The Morgan fingerprint density at radius 2 is 1.27 bits per heavy atom. The molecule has 0 unspecified atom stereocenters. The summed E-state index contributed by atoms with van der Waals surface area (Å²) >= 11 is -2.59. The van der Waals surface area contributed by atoms with Crippen LogP contribution in [0.25, 0.3) is 11.1 Å². The molecule has 0 saturated carbocycles. The van der Waals surface area contributed by atoms with E-state index in [4.69, 9.17) is 0 Å². The van der Waals surface area contributed by atoms with E-state index in [2.05, 4.69) is 154 Å². The molecule has 0 bridgehead atoms. The molecule has 4 aromatic rings. The Morgan fingerprint density at radius 3 is 1.80 bits per heavy atom. The van der Waals surface area contributed by atoms with Crippen LogP contribution in [0.5, 0.6) is 0 Å².